The van der Waals surface area contributed by atoms with Crippen LogP contribution in [-0.4, -0.2) is 32.1 Å². The second-order valence-electron chi connectivity index (χ2n) is 6.44. The fourth-order valence-electron chi connectivity index (χ4n) is 2.91. The van der Waals surface area contributed by atoms with Gasteiger partial charge in [-0.1, -0.05) is 12.8 Å². The Morgan fingerprint density at radius 2 is 1.67 bits per heavy atom. The molecule has 4 N–H and O–H groups in total. The number of nitrogens with two attached hydrogens (primary N) is 1. The van der Waals surface area contributed by atoms with Crippen LogP contribution in [0.3, 0.4) is 0 Å². The van der Waals surface area contributed by atoms with E-state index < -0.39 is 11.6 Å². The van der Waals surface area contributed by atoms with Gasteiger partial charge in [-0.05, 0) is 44.0 Å². The van der Waals surface area contributed by atoms with E-state index in [9.17, 15) is 9.59 Å². The number of nitrogens with one attached hydrogen (secondary N) is 2. The molecule has 1 unspecified atom stereocenters. The Morgan fingerprint density at radius 3 is 2.19 bits per heavy atom. The number of rotatable bonds is 5. The highest BCUT2D eigenvalue weighted by atomic mass is 35.5. The fraction of sp³-hybridized carbons (Fsp3) is 0.412. The van der Waals surface area contributed by atoms with E-state index in [4.69, 9.17) is 5.73 Å². The van der Waals surface area contributed by atoms with Crippen LogP contribution in [0.2, 0.25) is 0 Å². The number of aromatic nitrogens is 3. The Bertz CT molecular complexity index is 745. The number of carbonyl (C=O) groups is 2. The van der Waals surface area contributed by atoms with Crippen molar-refractivity contribution in [3.63, 3.8) is 0 Å². The van der Waals surface area contributed by atoms with Crippen LogP contribution in [0, 0.1) is 0 Å². The van der Waals surface area contributed by atoms with E-state index >= 15 is 0 Å². The van der Waals surface area contributed by atoms with Crippen LogP contribution >= 0.6 is 24.8 Å². The van der Waals surface area contributed by atoms with Crippen molar-refractivity contribution in [2.45, 2.75) is 44.2 Å². The normalized spacial score (nSPS) is 15.8. The fourth-order valence-corrected chi connectivity index (χ4v) is 2.91. The average molecular weight is 415 g/mol. The maximum Gasteiger partial charge on any atom is 0.249 e. The van der Waals surface area contributed by atoms with Gasteiger partial charge >= 0.3 is 0 Å². The zero-order valence-electron chi connectivity index (χ0n) is 14.9. The Morgan fingerprint density at radius 1 is 1.11 bits per heavy atom. The van der Waals surface area contributed by atoms with E-state index in [1.54, 1.807) is 31.2 Å². The maximum atomic E-state index is 12.3. The second-order valence-corrected chi connectivity index (χ2v) is 6.44. The summed E-state index contributed by atoms with van der Waals surface area (Å²) < 4.78 is 1.48. The highest BCUT2D eigenvalue weighted by Crippen LogP contribution is 2.28. The predicted octanol–water partition coefficient (Wildman–Crippen LogP) is 2.53. The number of hydrogen-bond acceptors (Lipinski definition) is 5. The van der Waals surface area contributed by atoms with E-state index in [1.807, 2.05) is 0 Å². The maximum absolute atomic E-state index is 12.3. The van der Waals surface area contributed by atoms with Gasteiger partial charge in [-0.15, -0.1) is 24.8 Å². The molecule has 1 aromatic heterocycles. The first-order chi connectivity index (χ1) is 12.0. The summed E-state index contributed by atoms with van der Waals surface area (Å²) in [6.07, 6.45) is 6.28. The molecule has 0 saturated heterocycles. The molecule has 1 heterocycles. The smallest absolute Gasteiger partial charge is 0.249 e. The van der Waals surface area contributed by atoms with Gasteiger partial charge in [0.2, 0.25) is 11.8 Å². The van der Waals surface area contributed by atoms with Gasteiger partial charge in [0.05, 0.1) is 5.54 Å². The minimum atomic E-state index is -0.764. The van der Waals surface area contributed by atoms with Gasteiger partial charge in [-0.3, -0.25) is 9.59 Å². The molecule has 27 heavy (non-hydrogen) atoms. The van der Waals surface area contributed by atoms with E-state index in [0.717, 1.165) is 12.8 Å². The molecule has 0 spiro atoms. The summed E-state index contributed by atoms with van der Waals surface area (Å²) in [5.74, 6) is -0.351. The van der Waals surface area contributed by atoms with Crippen molar-refractivity contribution in [3.8, 4) is 0 Å². The summed E-state index contributed by atoms with van der Waals surface area (Å²) in [7, 11) is 0. The van der Waals surface area contributed by atoms with E-state index in [1.165, 1.54) is 17.3 Å². The van der Waals surface area contributed by atoms with Crippen LogP contribution in [0.15, 0.2) is 36.9 Å². The lowest BCUT2D eigenvalue weighted by Gasteiger charge is -2.22. The minimum absolute atomic E-state index is 0. The molecule has 0 aliphatic heterocycles. The highest BCUT2D eigenvalue weighted by molar-refractivity contribution is 5.98. The number of hydrogen-bond donors (Lipinski definition) is 3. The number of anilines is 2. The molecule has 1 atom stereocenters. The van der Waals surface area contributed by atoms with Crippen molar-refractivity contribution in [1.29, 1.82) is 0 Å². The van der Waals surface area contributed by atoms with Crippen LogP contribution in [0.1, 0.15) is 38.6 Å². The van der Waals surface area contributed by atoms with Crippen molar-refractivity contribution in [3.05, 3.63) is 36.9 Å². The monoisotopic (exact) mass is 414 g/mol. The average Bonchev–Trinajstić information content (AvgIpc) is 3.28. The third-order valence-electron chi connectivity index (χ3n) is 4.57. The van der Waals surface area contributed by atoms with Crippen molar-refractivity contribution in [2.75, 3.05) is 10.6 Å². The van der Waals surface area contributed by atoms with Gasteiger partial charge in [0.25, 0.3) is 0 Å². The van der Waals surface area contributed by atoms with Crippen LogP contribution < -0.4 is 16.4 Å². The van der Waals surface area contributed by atoms with Crippen molar-refractivity contribution in [1.82, 2.24) is 14.8 Å². The molecule has 2 aromatic rings. The number of halogens is 2. The number of nitrogens with zero attached hydrogens (tertiary/aromatic N) is 3. The zero-order chi connectivity index (χ0) is 17.9. The molecule has 10 heteroatoms. The first-order valence-corrected chi connectivity index (χ1v) is 8.33. The zero-order valence-corrected chi connectivity index (χ0v) is 16.6. The van der Waals surface area contributed by atoms with E-state index in [0.29, 0.717) is 24.2 Å². The van der Waals surface area contributed by atoms with Crippen LogP contribution in [0.25, 0.3) is 0 Å². The standard InChI is InChI=1S/C17H22N6O2.2ClH/c1-12(23-11-19-10-20-23)15(24)21-13-4-6-14(7-5-13)22-16(25)17(18)8-2-3-9-17;;/h4-7,10-12H,2-3,8-9,18H2,1H3,(H,21,24)(H,22,25);2*1H. The molecule has 148 valence electrons. The highest BCUT2D eigenvalue weighted by Gasteiger charge is 2.36. The summed E-state index contributed by atoms with van der Waals surface area (Å²) in [5, 5.41) is 9.61. The predicted molar refractivity (Wildman–Crippen MR) is 108 cm³/mol. The molecule has 3 rings (SSSR count). The largest absolute Gasteiger partial charge is 0.324 e. The molecule has 1 fully saturated rings. The molecule has 1 aliphatic rings. The molecular formula is C17H24Cl2N6O2. The molecule has 1 aliphatic carbocycles. The van der Waals surface area contributed by atoms with Gasteiger partial charge in [0, 0.05) is 11.4 Å². The Balaban J connectivity index is 0.00000182. The Labute approximate surface area is 170 Å². The quantitative estimate of drug-likeness (QED) is 0.694. The lowest BCUT2D eigenvalue weighted by Crippen LogP contribution is -2.48. The lowest BCUT2D eigenvalue weighted by atomic mass is 9.98. The molecule has 8 nitrogen and oxygen atoms in total. The summed E-state index contributed by atoms with van der Waals surface area (Å²) in [5.41, 5.74) is 6.67. The number of amides is 2. The SMILES string of the molecule is CC(C(=O)Nc1ccc(NC(=O)C2(N)CCCC2)cc1)n1cncn1.Cl.Cl. The van der Waals surface area contributed by atoms with Gasteiger partial charge in [0.15, 0.2) is 0 Å². The van der Waals surface area contributed by atoms with E-state index in [2.05, 4.69) is 20.7 Å². The lowest BCUT2D eigenvalue weighted by molar-refractivity contribution is -0.121. The second kappa shape index (κ2) is 9.68. The molecule has 0 radical (unpaired) electrons. The molecular weight excluding hydrogens is 391 g/mol. The van der Waals surface area contributed by atoms with Gasteiger partial charge in [-0.25, -0.2) is 9.67 Å². The van der Waals surface area contributed by atoms with Gasteiger partial charge in [-0.2, -0.15) is 5.10 Å². The summed E-state index contributed by atoms with van der Waals surface area (Å²) in [4.78, 5) is 28.3. The minimum Gasteiger partial charge on any atom is -0.324 e. The molecule has 1 aromatic carbocycles. The molecule has 0 bridgehead atoms. The number of carbonyl (C=O) groups excluding carboxylic acids is 2. The Hall–Kier alpha value is -2.16. The van der Waals surface area contributed by atoms with Gasteiger partial charge < -0.3 is 16.4 Å². The van der Waals surface area contributed by atoms with Crippen molar-refractivity contribution < 1.29 is 9.59 Å². The summed E-state index contributed by atoms with van der Waals surface area (Å²) in [6, 6.07) is 6.48. The van der Waals surface area contributed by atoms with Crippen molar-refractivity contribution >= 4 is 48.0 Å². The third kappa shape index (κ3) is 5.41. The van der Waals surface area contributed by atoms with Crippen LogP contribution in [0.4, 0.5) is 11.4 Å². The number of benzene rings is 1. The van der Waals surface area contributed by atoms with Crippen LogP contribution in [0.5, 0.6) is 0 Å². The first kappa shape index (κ1) is 22.9. The Kier molecular flexibility index (Phi) is 8.20. The van der Waals surface area contributed by atoms with Gasteiger partial charge in [0.1, 0.15) is 18.7 Å². The summed E-state index contributed by atoms with van der Waals surface area (Å²) in [6.45, 7) is 1.74. The van der Waals surface area contributed by atoms with Crippen molar-refractivity contribution in [2.24, 2.45) is 5.73 Å². The first-order valence-electron chi connectivity index (χ1n) is 8.33. The third-order valence-corrected chi connectivity index (χ3v) is 4.57. The van der Waals surface area contributed by atoms with E-state index in [-0.39, 0.29) is 36.6 Å². The molecule has 1 saturated carbocycles. The van der Waals surface area contributed by atoms with Crippen LogP contribution in [-0.2, 0) is 9.59 Å². The summed E-state index contributed by atoms with van der Waals surface area (Å²) >= 11 is 0. The molecule has 2 amide bonds. The topological polar surface area (TPSA) is 115 Å².